The Morgan fingerprint density at radius 3 is 2.92 bits per heavy atom. The second kappa shape index (κ2) is 3.31. The van der Waals surface area contributed by atoms with E-state index >= 15 is 0 Å². The van der Waals surface area contributed by atoms with E-state index in [1.807, 2.05) is 0 Å². The van der Waals surface area contributed by atoms with Gasteiger partial charge in [0.15, 0.2) is 0 Å². The molecule has 0 saturated heterocycles. The summed E-state index contributed by atoms with van der Waals surface area (Å²) in [7, 11) is 1.59. The molecule has 0 radical (unpaired) electrons. The minimum absolute atomic E-state index is 0.332. The van der Waals surface area contributed by atoms with Gasteiger partial charge in [0.1, 0.15) is 6.10 Å². The molecule has 0 amide bonds. The summed E-state index contributed by atoms with van der Waals surface area (Å²) in [6.45, 7) is 0. The summed E-state index contributed by atoms with van der Waals surface area (Å²) < 4.78 is 1.34. The molecule has 0 aliphatic carbocycles. The number of aryl methyl sites for hydroxylation is 1. The van der Waals surface area contributed by atoms with Gasteiger partial charge in [0.2, 0.25) is 0 Å². The molecule has 1 aromatic rings. The zero-order valence-corrected chi connectivity index (χ0v) is 6.51. The van der Waals surface area contributed by atoms with E-state index in [0.717, 1.165) is 0 Å². The minimum Gasteiger partial charge on any atom is -0.481 e. The number of carboxylic acids is 1. The smallest absolute Gasteiger partial charge is 0.306 e. The summed E-state index contributed by atoms with van der Waals surface area (Å²) in [5, 5.41) is 24.7. The summed E-state index contributed by atoms with van der Waals surface area (Å²) in [4.78, 5) is 10.2. The second-order valence-electron chi connectivity index (χ2n) is 2.40. The number of aliphatic carboxylic acids is 1. The fourth-order valence-corrected chi connectivity index (χ4v) is 0.869. The third kappa shape index (κ3) is 1.79. The molecule has 1 atom stereocenters. The number of carboxylic acid groups (broad SMARTS) is 1. The molecule has 0 aliphatic rings. The van der Waals surface area contributed by atoms with Crippen molar-refractivity contribution in [3.05, 3.63) is 11.9 Å². The summed E-state index contributed by atoms with van der Waals surface area (Å²) >= 11 is 0. The topological polar surface area (TPSA) is 88.2 Å². The maximum atomic E-state index is 10.2. The number of aliphatic hydroxyl groups excluding tert-OH is 1. The van der Waals surface area contributed by atoms with Gasteiger partial charge in [-0.25, -0.2) is 4.68 Å². The lowest BCUT2D eigenvalue weighted by Crippen LogP contribution is -2.09. The van der Waals surface area contributed by atoms with Crippen molar-refractivity contribution in [3.63, 3.8) is 0 Å². The molecule has 0 aromatic carbocycles. The van der Waals surface area contributed by atoms with Crippen molar-refractivity contribution in [1.29, 1.82) is 0 Å². The lowest BCUT2D eigenvalue weighted by molar-refractivity contribution is -0.139. The maximum absolute atomic E-state index is 10.2. The van der Waals surface area contributed by atoms with Crippen LogP contribution in [0.15, 0.2) is 6.20 Å². The van der Waals surface area contributed by atoms with Crippen molar-refractivity contribution in [2.75, 3.05) is 0 Å². The van der Waals surface area contributed by atoms with Gasteiger partial charge in [0.05, 0.1) is 18.3 Å². The molecule has 1 aromatic heterocycles. The molecule has 6 heteroatoms. The van der Waals surface area contributed by atoms with Crippen LogP contribution in [0.1, 0.15) is 18.2 Å². The number of aliphatic hydroxyl groups is 1. The third-order valence-corrected chi connectivity index (χ3v) is 1.46. The molecule has 0 fully saturated rings. The minimum atomic E-state index is -1.05. The highest BCUT2D eigenvalue weighted by atomic mass is 16.4. The molecular formula is C6H9N3O3. The number of hydrogen-bond donors (Lipinski definition) is 2. The average Bonchev–Trinajstić information content (AvgIpc) is 2.33. The second-order valence-corrected chi connectivity index (χ2v) is 2.40. The SMILES string of the molecule is Cn1nncc1[C@@H](O)CC(=O)O. The molecule has 1 rings (SSSR count). The van der Waals surface area contributed by atoms with E-state index in [2.05, 4.69) is 10.3 Å². The standard InChI is InChI=1S/C6H9N3O3/c1-9-4(3-7-8-9)5(10)2-6(11)12/h3,5,10H,2H2,1H3,(H,11,12)/t5-/m0/s1. The van der Waals surface area contributed by atoms with Crippen molar-refractivity contribution >= 4 is 5.97 Å². The van der Waals surface area contributed by atoms with Gasteiger partial charge in [-0.2, -0.15) is 0 Å². The molecule has 0 aliphatic heterocycles. The lowest BCUT2D eigenvalue weighted by Gasteiger charge is -2.05. The van der Waals surface area contributed by atoms with Crippen molar-refractivity contribution in [2.24, 2.45) is 7.05 Å². The molecule has 0 saturated carbocycles. The van der Waals surface area contributed by atoms with E-state index in [9.17, 15) is 9.90 Å². The van der Waals surface area contributed by atoms with Gasteiger partial charge in [0.25, 0.3) is 0 Å². The Labute approximate surface area is 68.4 Å². The van der Waals surface area contributed by atoms with Gasteiger partial charge in [-0.1, -0.05) is 5.21 Å². The molecule has 1 heterocycles. The molecule has 0 unspecified atom stereocenters. The Morgan fingerprint density at radius 2 is 2.50 bits per heavy atom. The van der Waals surface area contributed by atoms with Gasteiger partial charge < -0.3 is 10.2 Å². The first-order valence-corrected chi connectivity index (χ1v) is 3.35. The zero-order valence-electron chi connectivity index (χ0n) is 6.51. The van der Waals surface area contributed by atoms with Crippen molar-refractivity contribution in [1.82, 2.24) is 15.0 Å². The Morgan fingerprint density at radius 1 is 1.83 bits per heavy atom. The molecular weight excluding hydrogens is 162 g/mol. The van der Waals surface area contributed by atoms with E-state index in [4.69, 9.17) is 5.11 Å². The van der Waals surface area contributed by atoms with Gasteiger partial charge in [-0.15, -0.1) is 5.10 Å². The summed E-state index contributed by atoms with van der Waals surface area (Å²) in [6.07, 6.45) is -0.0306. The normalized spacial score (nSPS) is 12.8. The van der Waals surface area contributed by atoms with Crippen LogP contribution in [-0.2, 0) is 11.8 Å². The Balaban J connectivity index is 2.71. The number of nitrogens with zero attached hydrogens (tertiary/aromatic N) is 3. The van der Waals surface area contributed by atoms with Crippen LogP contribution in [0, 0.1) is 0 Å². The summed E-state index contributed by atoms with van der Waals surface area (Å²) in [5.74, 6) is -1.05. The van der Waals surface area contributed by atoms with Crippen molar-refractivity contribution in [3.8, 4) is 0 Å². The van der Waals surface area contributed by atoms with E-state index in [-0.39, 0.29) is 6.42 Å². The van der Waals surface area contributed by atoms with Crippen LogP contribution in [0.4, 0.5) is 0 Å². The fourth-order valence-electron chi connectivity index (χ4n) is 0.869. The van der Waals surface area contributed by atoms with Gasteiger partial charge in [0, 0.05) is 7.05 Å². The molecule has 2 N–H and O–H groups in total. The van der Waals surface area contributed by atoms with Crippen LogP contribution < -0.4 is 0 Å². The van der Waals surface area contributed by atoms with E-state index in [1.54, 1.807) is 7.05 Å². The van der Waals surface area contributed by atoms with Gasteiger partial charge in [-0.05, 0) is 0 Å². The van der Waals surface area contributed by atoms with Gasteiger partial charge in [-0.3, -0.25) is 4.79 Å². The van der Waals surface area contributed by atoms with Crippen LogP contribution in [0.25, 0.3) is 0 Å². The number of carbonyl (C=O) groups is 1. The van der Waals surface area contributed by atoms with E-state index < -0.39 is 12.1 Å². The third-order valence-electron chi connectivity index (χ3n) is 1.46. The maximum Gasteiger partial charge on any atom is 0.306 e. The Kier molecular flexibility index (Phi) is 2.39. The number of aromatic nitrogens is 3. The summed E-state index contributed by atoms with van der Waals surface area (Å²) in [5.41, 5.74) is 0.400. The quantitative estimate of drug-likeness (QED) is 0.629. The first-order valence-electron chi connectivity index (χ1n) is 3.35. The van der Waals surface area contributed by atoms with Crippen LogP contribution in [0.2, 0.25) is 0 Å². The van der Waals surface area contributed by atoms with Crippen LogP contribution >= 0.6 is 0 Å². The monoisotopic (exact) mass is 171 g/mol. The molecule has 66 valence electrons. The largest absolute Gasteiger partial charge is 0.481 e. The zero-order chi connectivity index (χ0) is 9.14. The van der Waals surface area contributed by atoms with Crippen LogP contribution in [0.3, 0.4) is 0 Å². The molecule has 12 heavy (non-hydrogen) atoms. The van der Waals surface area contributed by atoms with Gasteiger partial charge >= 0.3 is 5.97 Å². The first kappa shape index (κ1) is 8.66. The van der Waals surface area contributed by atoms with Crippen LogP contribution in [-0.4, -0.2) is 31.2 Å². The van der Waals surface area contributed by atoms with E-state index in [0.29, 0.717) is 5.69 Å². The molecule has 6 nitrogen and oxygen atoms in total. The number of rotatable bonds is 3. The first-order chi connectivity index (χ1) is 5.61. The van der Waals surface area contributed by atoms with Crippen molar-refractivity contribution < 1.29 is 15.0 Å². The fraction of sp³-hybridized carbons (Fsp3) is 0.500. The molecule has 0 spiro atoms. The predicted molar refractivity (Wildman–Crippen MR) is 38.2 cm³/mol. The Bertz CT molecular complexity index is 283. The predicted octanol–water partition coefficient (Wildman–Crippen LogP) is -0.677. The summed E-state index contributed by atoms with van der Waals surface area (Å²) in [6, 6.07) is 0. The highest BCUT2D eigenvalue weighted by Crippen LogP contribution is 2.13. The van der Waals surface area contributed by atoms with Crippen LogP contribution in [0.5, 0.6) is 0 Å². The number of hydrogen-bond acceptors (Lipinski definition) is 4. The average molecular weight is 171 g/mol. The van der Waals surface area contributed by atoms with Crippen molar-refractivity contribution in [2.45, 2.75) is 12.5 Å². The molecule has 0 bridgehead atoms. The highest BCUT2D eigenvalue weighted by Gasteiger charge is 2.15. The highest BCUT2D eigenvalue weighted by molar-refractivity contribution is 5.67. The Hall–Kier alpha value is -1.43. The van der Waals surface area contributed by atoms with E-state index in [1.165, 1.54) is 10.9 Å². The lowest BCUT2D eigenvalue weighted by atomic mass is 10.2.